The van der Waals surface area contributed by atoms with Gasteiger partial charge in [-0.1, -0.05) is 6.07 Å². The first-order valence-corrected chi connectivity index (χ1v) is 10.1. The molecule has 170 valence electrons. The largest absolute Gasteiger partial charge is 0.490 e. The maximum atomic E-state index is 12.9. The molecule has 3 aromatic rings. The molecule has 0 bridgehead atoms. The van der Waals surface area contributed by atoms with E-state index in [1.807, 2.05) is 32.0 Å². The number of aromatic amines is 1. The van der Waals surface area contributed by atoms with Crippen molar-refractivity contribution in [3.8, 4) is 17.2 Å². The minimum atomic E-state index is -4.68. The lowest BCUT2D eigenvalue weighted by atomic mass is 10.2. The third kappa shape index (κ3) is 5.88. The Labute approximate surface area is 187 Å². The van der Waals surface area contributed by atoms with E-state index < -0.39 is 12.0 Å². The molecule has 32 heavy (non-hydrogen) atoms. The summed E-state index contributed by atoms with van der Waals surface area (Å²) in [5, 5.41) is 9.04. The van der Waals surface area contributed by atoms with Gasteiger partial charge in [-0.25, -0.2) is 5.10 Å². The first kappa shape index (κ1) is 23.3. The van der Waals surface area contributed by atoms with Crippen LogP contribution in [0.4, 0.5) is 13.2 Å². The maximum Gasteiger partial charge on any atom is 0.453 e. The quantitative estimate of drug-likeness (QED) is 0.346. The molecule has 0 radical (unpaired) electrons. The van der Waals surface area contributed by atoms with Crippen molar-refractivity contribution in [1.82, 2.24) is 14.9 Å². The van der Waals surface area contributed by atoms with E-state index in [0.29, 0.717) is 47.3 Å². The maximum absolute atomic E-state index is 12.9. The third-order valence-electron chi connectivity index (χ3n) is 4.12. The summed E-state index contributed by atoms with van der Waals surface area (Å²) in [6.45, 7) is 5.16. The Kier molecular flexibility index (Phi) is 7.52. The molecule has 2 aromatic carbocycles. The van der Waals surface area contributed by atoms with Crippen LogP contribution < -0.4 is 14.2 Å². The fourth-order valence-electron chi connectivity index (χ4n) is 2.71. The van der Waals surface area contributed by atoms with Gasteiger partial charge in [0.15, 0.2) is 11.5 Å². The monoisotopic (exact) mass is 466 g/mol. The molecule has 0 fully saturated rings. The summed E-state index contributed by atoms with van der Waals surface area (Å²) in [5.74, 6) is 0.691. The number of rotatable bonds is 9. The van der Waals surface area contributed by atoms with Gasteiger partial charge in [0, 0.05) is 0 Å². The second kappa shape index (κ2) is 10.3. The molecule has 0 aliphatic heterocycles. The molecule has 0 spiro atoms. The summed E-state index contributed by atoms with van der Waals surface area (Å²) in [6, 6.07) is 12.3. The Morgan fingerprint density at radius 1 is 1.03 bits per heavy atom. The zero-order valence-corrected chi connectivity index (χ0v) is 18.2. The third-order valence-corrected chi connectivity index (χ3v) is 4.38. The number of halogens is 3. The van der Waals surface area contributed by atoms with Crippen LogP contribution in [-0.4, -0.2) is 34.3 Å². The second-order valence-electron chi connectivity index (χ2n) is 6.41. The fraction of sp³-hybridized carbons (Fsp3) is 0.286. The fourth-order valence-corrected chi connectivity index (χ4v) is 2.89. The second-order valence-corrected chi connectivity index (χ2v) is 6.80. The van der Waals surface area contributed by atoms with Gasteiger partial charge in [0.2, 0.25) is 4.77 Å². The molecule has 0 amide bonds. The minimum absolute atomic E-state index is 0.254. The predicted molar refractivity (Wildman–Crippen MR) is 115 cm³/mol. The SMILES string of the molecule is CCOc1ccc(COc2ccc(/C=N\n3c(C(F)(F)F)n[nH]c3=S)cc2)cc1OCC. The molecular weight excluding hydrogens is 445 g/mol. The van der Waals surface area contributed by atoms with Crippen LogP contribution in [0, 0.1) is 4.77 Å². The smallest absolute Gasteiger partial charge is 0.453 e. The van der Waals surface area contributed by atoms with E-state index in [0.717, 1.165) is 5.56 Å². The zero-order valence-electron chi connectivity index (χ0n) is 17.3. The first-order chi connectivity index (χ1) is 15.3. The number of H-pyrrole nitrogens is 1. The predicted octanol–water partition coefficient (Wildman–Crippen LogP) is 5.22. The number of hydrogen-bond donors (Lipinski definition) is 1. The molecule has 7 nitrogen and oxygen atoms in total. The Hall–Kier alpha value is -3.34. The van der Waals surface area contributed by atoms with Crippen molar-refractivity contribution in [2.75, 3.05) is 13.2 Å². The molecule has 11 heteroatoms. The summed E-state index contributed by atoms with van der Waals surface area (Å²) in [7, 11) is 0. The summed E-state index contributed by atoms with van der Waals surface area (Å²) >= 11 is 4.80. The molecule has 1 aromatic heterocycles. The van der Waals surface area contributed by atoms with Gasteiger partial charge < -0.3 is 14.2 Å². The highest BCUT2D eigenvalue weighted by Crippen LogP contribution is 2.29. The minimum Gasteiger partial charge on any atom is -0.490 e. The van der Waals surface area contributed by atoms with Crippen LogP contribution in [0.3, 0.4) is 0 Å². The van der Waals surface area contributed by atoms with Crippen molar-refractivity contribution in [1.29, 1.82) is 0 Å². The van der Waals surface area contributed by atoms with E-state index in [1.165, 1.54) is 6.21 Å². The Morgan fingerprint density at radius 2 is 1.72 bits per heavy atom. The molecule has 0 saturated heterocycles. The summed E-state index contributed by atoms with van der Waals surface area (Å²) in [4.78, 5) is 0. The van der Waals surface area contributed by atoms with Gasteiger partial charge in [-0.2, -0.15) is 22.9 Å². The van der Waals surface area contributed by atoms with Crippen LogP contribution in [0.15, 0.2) is 47.6 Å². The Balaban J connectivity index is 1.66. The Morgan fingerprint density at radius 3 is 2.38 bits per heavy atom. The number of alkyl halides is 3. The molecule has 0 saturated carbocycles. The van der Waals surface area contributed by atoms with E-state index in [9.17, 15) is 13.2 Å². The van der Waals surface area contributed by atoms with Crippen molar-refractivity contribution in [2.45, 2.75) is 26.6 Å². The van der Waals surface area contributed by atoms with Crippen LogP contribution in [0.5, 0.6) is 17.2 Å². The van der Waals surface area contributed by atoms with Crippen molar-refractivity contribution >= 4 is 18.4 Å². The molecule has 1 N–H and O–H groups in total. The van der Waals surface area contributed by atoms with Gasteiger partial charge >= 0.3 is 6.18 Å². The van der Waals surface area contributed by atoms with Crippen molar-refractivity contribution < 1.29 is 27.4 Å². The molecule has 0 aliphatic rings. The number of hydrogen-bond acceptors (Lipinski definition) is 6. The van der Waals surface area contributed by atoms with Gasteiger partial charge in [0.25, 0.3) is 5.82 Å². The lowest BCUT2D eigenvalue weighted by molar-refractivity contribution is -0.147. The van der Waals surface area contributed by atoms with Gasteiger partial charge in [0.05, 0.1) is 19.4 Å². The highest BCUT2D eigenvalue weighted by atomic mass is 32.1. The van der Waals surface area contributed by atoms with Gasteiger partial charge in [-0.3, -0.25) is 0 Å². The normalized spacial score (nSPS) is 11.7. The van der Waals surface area contributed by atoms with Crippen LogP contribution in [0.2, 0.25) is 0 Å². The number of benzene rings is 2. The molecule has 3 rings (SSSR count). The summed E-state index contributed by atoms with van der Waals surface area (Å²) in [6.07, 6.45) is -3.42. The average Bonchev–Trinajstić information content (AvgIpc) is 3.14. The highest BCUT2D eigenvalue weighted by molar-refractivity contribution is 7.71. The van der Waals surface area contributed by atoms with Crippen LogP contribution in [0.25, 0.3) is 0 Å². The van der Waals surface area contributed by atoms with E-state index in [2.05, 4.69) is 15.3 Å². The van der Waals surface area contributed by atoms with E-state index in [1.54, 1.807) is 24.3 Å². The van der Waals surface area contributed by atoms with Crippen molar-refractivity contribution in [3.05, 3.63) is 64.2 Å². The average molecular weight is 466 g/mol. The number of aromatic nitrogens is 3. The van der Waals surface area contributed by atoms with Gasteiger partial charge in [0.1, 0.15) is 12.4 Å². The lowest BCUT2D eigenvalue weighted by Gasteiger charge is -2.13. The van der Waals surface area contributed by atoms with E-state index in [-0.39, 0.29) is 4.77 Å². The zero-order chi connectivity index (χ0) is 23.1. The standard InChI is InChI=1S/C21H21F3N4O3S/c1-3-29-17-10-7-15(11-18(17)30-4-2)13-31-16-8-5-14(6-9-16)12-25-28-19(21(22,23)24)26-27-20(28)32/h5-12H,3-4,13H2,1-2H3,(H,27,32)/b25-12-. The van der Waals surface area contributed by atoms with Crippen molar-refractivity contribution in [2.24, 2.45) is 5.10 Å². The van der Waals surface area contributed by atoms with Gasteiger partial charge in [-0.05, 0) is 73.6 Å². The van der Waals surface area contributed by atoms with Crippen molar-refractivity contribution in [3.63, 3.8) is 0 Å². The van der Waals surface area contributed by atoms with Gasteiger partial charge in [-0.15, -0.1) is 5.10 Å². The highest BCUT2D eigenvalue weighted by Gasteiger charge is 2.37. The number of nitrogens with one attached hydrogen (secondary N) is 1. The van der Waals surface area contributed by atoms with Crippen LogP contribution in [0.1, 0.15) is 30.8 Å². The number of nitrogens with zero attached hydrogens (tertiary/aromatic N) is 3. The topological polar surface area (TPSA) is 73.7 Å². The van der Waals surface area contributed by atoms with Crippen LogP contribution in [-0.2, 0) is 12.8 Å². The van der Waals surface area contributed by atoms with E-state index >= 15 is 0 Å². The molecule has 1 heterocycles. The summed E-state index contributed by atoms with van der Waals surface area (Å²) in [5.41, 5.74) is 1.46. The van der Waals surface area contributed by atoms with Crippen LogP contribution >= 0.6 is 12.2 Å². The molecular formula is C21H21F3N4O3S. The molecule has 0 atom stereocenters. The summed E-state index contributed by atoms with van der Waals surface area (Å²) < 4.78 is 56.0. The molecule has 0 aliphatic carbocycles. The Bertz CT molecular complexity index is 1120. The molecule has 0 unspecified atom stereocenters. The lowest BCUT2D eigenvalue weighted by Crippen LogP contribution is -2.12. The number of ether oxygens (including phenoxy) is 3. The first-order valence-electron chi connectivity index (χ1n) is 9.72. The van der Waals surface area contributed by atoms with E-state index in [4.69, 9.17) is 26.4 Å².